The highest BCUT2D eigenvalue weighted by atomic mass is 79.9. The van der Waals surface area contributed by atoms with Crippen LogP contribution in [0.15, 0.2) is 0 Å². The van der Waals surface area contributed by atoms with Crippen LogP contribution >= 0.6 is 15.9 Å². The number of esters is 1. The summed E-state index contributed by atoms with van der Waals surface area (Å²) in [4.78, 5) is 24.2. The molecule has 1 aliphatic heterocycles. The molecule has 0 radical (unpaired) electrons. The first-order valence-electron chi connectivity index (χ1n) is 11.1. The molecule has 0 aromatic carbocycles. The summed E-state index contributed by atoms with van der Waals surface area (Å²) >= 11 is 4.00. The average molecular weight is 427 g/mol. The Hall–Kier alpha value is -0.420. The number of alkyl halides is 1. The smallest absolute Gasteiger partial charge is 0.302 e. The van der Waals surface area contributed by atoms with E-state index in [1.165, 1.54) is 6.92 Å². The predicted molar refractivity (Wildman–Crippen MR) is 99.9 cm³/mol. The molecule has 144 valence electrons. The van der Waals surface area contributed by atoms with Crippen molar-refractivity contribution in [3.8, 4) is 0 Å². The van der Waals surface area contributed by atoms with Crippen molar-refractivity contribution in [2.45, 2.75) is 81.7 Å². The molecule has 1 heterocycles. The summed E-state index contributed by atoms with van der Waals surface area (Å²) in [5.41, 5.74) is -0.511. The van der Waals surface area contributed by atoms with Gasteiger partial charge in [0.15, 0.2) is 0 Å². The normalized spacial score (nSPS) is 58.1. The zero-order valence-corrected chi connectivity index (χ0v) is 17.1. The first-order valence-corrected chi connectivity index (χ1v) is 10.9. The fraction of sp³-hybridized carbons (Fsp3) is 0.905. The number of carbonyl (C=O) groups is 2. The van der Waals surface area contributed by atoms with Gasteiger partial charge in [0.2, 0.25) is 0 Å². The van der Waals surface area contributed by atoms with E-state index in [0.29, 0.717) is 25.2 Å². The second-order valence-electron chi connectivity index (χ2n) is 9.51. The summed E-state index contributed by atoms with van der Waals surface area (Å²) < 4.78 is 29.6. The number of halogens is 1. The largest absolute Gasteiger partial charge is 0.463 e. The van der Waals surface area contributed by atoms with Gasteiger partial charge >= 0.3 is 5.97 Å². The number of hydrogen-bond donors (Lipinski definition) is 0. The maximum Gasteiger partial charge on any atom is 0.302 e. The summed E-state index contributed by atoms with van der Waals surface area (Å²) in [6.07, 6.45) is 3.14. The lowest BCUT2D eigenvalue weighted by Crippen LogP contribution is -2.63. The van der Waals surface area contributed by atoms with Gasteiger partial charge in [-0.1, -0.05) is 22.9 Å². The molecule has 0 aromatic heterocycles. The van der Waals surface area contributed by atoms with Gasteiger partial charge in [-0.25, -0.2) is 0 Å². The first kappa shape index (κ1) is 15.5. The quantitative estimate of drug-likeness (QED) is 0.468. The maximum atomic E-state index is 12.7. The second kappa shape index (κ2) is 5.56. The first-order chi connectivity index (χ1) is 13.1. The van der Waals surface area contributed by atoms with Crippen molar-refractivity contribution in [1.29, 1.82) is 0 Å². The van der Waals surface area contributed by atoms with Gasteiger partial charge in [-0.05, 0) is 56.2 Å². The lowest BCUT2D eigenvalue weighted by Gasteiger charge is -2.62. The van der Waals surface area contributed by atoms with Crippen molar-refractivity contribution in [2.24, 2.45) is 28.6 Å². The summed E-state index contributed by atoms with van der Waals surface area (Å²) in [6.45, 7) is 4.08. The van der Waals surface area contributed by atoms with Gasteiger partial charge in [0.1, 0.15) is 11.9 Å². The molecule has 8 atom stereocenters. The highest BCUT2D eigenvalue weighted by Gasteiger charge is 2.72. The van der Waals surface area contributed by atoms with E-state index < -0.39 is 16.8 Å². The molecule has 5 fully saturated rings. The SMILES string of the molecule is [2H]C1([2H])[C@@H]2[C@H](CC[C@]3(C)C(=O)CC[C@@H]23)[C@@]23CC[C@H](OC(C)=O)C[C@]2(Br)[C@H]1OC3. The number of Topliss-reactive ketones (excluding diaryl/α,β-unsaturated/α-hetero) is 1. The van der Waals surface area contributed by atoms with Crippen LogP contribution in [-0.2, 0) is 19.1 Å². The predicted octanol–water partition coefficient (Wildman–Crippen LogP) is 4.04. The molecule has 5 aliphatic rings. The zero-order valence-electron chi connectivity index (χ0n) is 17.6. The van der Waals surface area contributed by atoms with Crippen LogP contribution in [0.2, 0.25) is 0 Å². The van der Waals surface area contributed by atoms with E-state index in [9.17, 15) is 12.3 Å². The van der Waals surface area contributed by atoms with Crippen molar-refractivity contribution < 1.29 is 21.8 Å². The van der Waals surface area contributed by atoms with Crippen LogP contribution in [0.25, 0.3) is 0 Å². The van der Waals surface area contributed by atoms with Gasteiger partial charge in [-0.15, -0.1) is 0 Å². The molecule has 2 bridgehead atoms. The summed E-state index contributed by atoms with van der Waals surface area (Å²) in [7, 11) is 0. The molecule has 0 aromatic rings. The van der Waals surface area contributed by atoms with E-state index in [2.05, 4.69) is 22.9 Å². The third kappa shape index (κ3) is 2.05. The Bertz CT molecular complexity index is 744. The minimum absolute atomic E-state index is 0.109. The molecule has 1 saturated heterocycles. The molecular formula is C21H29BrO4. The van der Waals surface area contributed by atoms with Crippen molar-refractivity contribution in [3.05, 3.63) is 0 Å². The molecule has 0 unspecified atom stereocenters. The summed E-state index contributed by atoms with van der Waals surface area (Å²) in [5.74, 6) is 0.216. The van der Waals surface area contributed by atoms with E-state index in [4.69, 9.17) is 9.47 Å². The van der Waals surface area contributed by atoms with Gasteiger partial charge in [0, 0.05) is 33.3 Å². The van der Waals surface area contributed by atoms with E-state index in [1.807, 2.05) is 0 Å². The number of ketones is 1. The van der Waals surface area contributed by atoms with Crippen molar-refractivity contribution in [3.63, 3.8) is 0 Å². The van der Waals surface area contributed by atoms with E-state index >= 15 is 0 Å². The molecular weight excluding hydrogens is 396 g/mol. The number of carbonyl (C=O) groups excluding carboxylic acids is 2. The van der Waals surface area contributed by atoms with Crippen LogP contribution in [0.1, 0.15) is 67.9 Å². The summed E-state index contributed by atoms with van der Waals surface area (Å²) in [6, 6.07) is 0. The molecule has 5 heteroatoms. The highest BCUT2D eigenvalue weighted by Crippen LogP contribution is 2.71. The Morgan fingerprint density at radius 1 is 1.31 bits per heavy atom. The van der Waals surface area contributed by atoms with Gasteiger partial charge in [-0.3, -0.25) is 9.59 Å². The van der Waals surface area contributed by atoms with Gasteiger partial charge in [-0.2, -0.15) is 0 Å². The molecule has 5 rings (SSSR count). The van der Waals surface area contributed by atoms with Gasteiger partial charge in [0.25, 0.3) is 0 Å². The fourth-order valence-electron chi connectivity index (χ4n) is 7.24. The molecule has 0 spiro atoms. The highest BCUT2D eigenvalue weighted by molar-refractivity contribution is 9.10. The van der Waals surface area contributed by atoms with Crippen LogP contribution in [-0.4, -0.2) is 34.9 Å². The molecule has 26 heavy (non-hydrogen) atoms. The monoisotopic (exact) mass is 426 g/mol. The van der Waals surface area contributed by atoms with Gasteiger partial charge < -0.3 is 9.47 Å². The molecule has 4 aliphatic carbocycles. The van der Waals surface area contributed by atoms with Crippen molar-refractivity contribution in [2.75, 3.05) is 6.61 Å². The maximum absolute atomic E-state index is 12.7. The third-order valence-electron chi connectivity index (χ3n) is 8.55. The Kier molecular flexibility index (Phi) is 3.31. The second-order valence-corrected chi connectivity index (χ2v) is 10.9. The Morgan fingerprint density at radius 3 is 2.88 bits per heavy atom. The number of ether oxygens (including phenoxy) is 2. The zero-order chi connectivity index (χ0) is 20.1. The topological polar surface area (TPSA) is 52.6 Å². The molecule has 4 saturated carbocycles. The lowest BCUT2D eigenvalue weighted by atomic mass is 9.45. The third-order valence-corrected chi connectivity index (χ3v) is 10.1. The number of fused-ring (bicyclic) bond motifs is 3. The molecule has 0 amide bonds. The number of hydrogen-bond acceptors (Lipinski definition) is 4. The van der Waals surface area contributed by atoms with Crippen LogP contribution in [0.5, 0.6) is 0 Å². The molecule has 0 N–H and O–H groups in total. The number of rotatable bonds is 1. The van der Waals surface area contributed by atoms with Crippen molar-refractivity contribution in [1.82, 2.24) is 0 Å². The van der Waals surface area contributed by atoms with E-state index in [1.54, 1.807) is 0 Å². The van der Waals surface area contributed by atoms with Gasteiger partial charge in [0.05, 0.1) is 17.0 Å². The Balaban J connectivity index is 1.57. The van der Waals surface area contributed by atoms with Crippen LogP contribution in [0.3, 0.4) is 0 Å². The van der Waals surface area contributed by atoms with E-state index in [0.717, 1.165) is 32.1 Å². The summed E-state index contributed by atoms with van der Waals surface area (Å²) in [5, 5.41) is 0. The average Bonchev–Trinajstić information content (AvgIpc) is 3.04. The van der Waals surface area contributed by atoms with Crippen molar-refractivity contribution >= 4 is 27.7 Å². The van der Waals surface area contributed by atoms with E-state index in [-0.39, 0.29) is 40.7 Å². The molecule has 4 nitrogen and oxygen atoms in total. The van der Waals surface area contributed by atoms with Crippen LogP contribution in [0, 0.1) is 28.6 Å². The Labute approximate surface area is 166 Å². The Morgan fingerprint density at radius 2 is 2.12 bits per heavy atom. The lowest BCUT2D eigenvalue weighted by molar-refractivity contribution is -0.154. The standard InChI is InChI=1S/C21H29BrO4/c1-12(23)26-13-5-8-20-11-25-18(21(20,22)10-13)9-14-15-3-4-17(24)19(15,2)7-6-16(14)20/h13-16,18H,3-11H2,1-2H3/t13-,14-,15-,16-,18-,19-,20-,21-/m0/s1/i9D2. The van der Waals surface area contributed by atoms with Crippen LogP contribution in [0.4, 0.5) is 0 Å². The van der Waals surface area contributed by atoms with Crippen LogP contribution < -0.4 is 0 Å². The fourth-order valence-corrected chi connectivity index (χ4v) is 8.48. The minimum atomic E-state index is -1.51. The minimum Gasteiger partial charge on any atom is -0.463 e.